The molecule has 1 N–H and O–H groups in total. The third-order valence-corrected chi connectivity index (χ3v) is 8.79. The van der Waals surface area contributed by atoms with Gasteiger partial charge in [-0.15, -0.1) is 0 Å². The van der Waals surface area contributed by atoms with Gasteiger partial charge in [-0.25, -0.2) is 10.0 Å². The lowest BCUT2D eigenvalue weighted by molar-refractivity contribution is -0.132. The highest BCUT2D eigenvalue weighted by atomic mass is 16.5. The van der Waals surface area contributed by atoms with Crippen molar-refractivity contribution in [3.8, 4) is 0 Å². The van der Waals surface area contributed by atoms with Gasteiger partial charge >= 0.3 is 0 Å². The minimum atomic E-state index is 0.0701. The number of nitrogens with zero attached hydrogens (tertiary/aromatic N) is 4. The number of amides is 1. The lowest BCUT2D eigenvalue weighted by Gasteiger charge is -2.40. The first-order valence-electron chi connectivity index (χ1n) is 15.5. The predicted molar refractivity (Wildman–Crippen MR) is 163 cm³/mol. The molecule has 0 saturated carbocycles. The summed E-state index contributed by atoms with van der Waals surface area (Å²) >= 11 is 0. The fraction of sp³-hybridized carbons (Fsp3) is 0.688. The number of hydrogen-bond acceptors (Lipinski definition) is 7. The third kappa shape index (κ3) is 7.96. The van der Waals surface area contributed by atoms with Crippen LogP contribution in [0.25, 0.3) is 10.9 Å². The number of rotatable bonds is 15. The second kappa shape index (κ2) is 15.3. The second-order valence-electron chi connectivity index (χ2n) is 11.8. The highest BCUT2D eigenvalue weighted by molar-refractivity contribution is 5.86. The molecular weight excluding hydrogens is 518 g/mol. The van der Waals surface area contributed by atoms with E-state index in [0.717, 1.165) is 52.0 Å². The highest BCUT2D eigenvalue weighted by Crippen LogP contribution is 2.40. The number of likely N-dealkylation sites (tertiary alicyclic amines) is 1. The van der Waals surface area contributed by atoms with E-state index in [1.165, 1.54) is 22.2 Å². The minimum Gasteiger partial charge on any atom is -0.379 e. The van der Waals surface area contributed by atoms with E-state index in [1.54, 1.807) is 0 Å². The number of hydrogen-bond donors (Lipinski definition) is 1. The Morgan fingerprint density at radius 1 is 1.00 bits per heavy atom. The maximum Gasteiger partial charge on any atom is 0.224 e. The van der Waals surface area contributed by atoms with Crippen molar-refractivity contribution < 1.29 is 19.1 Å². The van der Waals surface area contributed by atoms with Crippen molar-refractivity contribution in [3.63, 3.8) is 0 Å². The van der Waals surface area contributed by atoms with Gasteiger partial charge in [0.2, 0.25) is 5.91 Å². The molecule has 2 aliphatic rings. The average molecular weight is 570 g/mol. The smallest absolute Gasteiger partial charge is 0.224 e. The molecule has 1 amide bonds. The van der Waals surface area contributed by atoms with Crippen molar-refractivity contribution in [1.29, 1.82) is 0 Å². The summed E-state index contributed by atoms with van der Waals surface area (Å²) in [4.78, 5) is 26.9. The minimum absolute atomic E-state index is 0.0701. The number of benzene rings is 1. The van der Waals surface area contributed by atoms with Gasteiger partial charge in [0.25, 0.3) is 0 Å². The molecule has 1 unspecified atom stereocenters. The number of aromatic nitrogens is 1. The van der Waals surface area contributed by atoms with Crippen LogP contribution >= 0.6 is 0 Å². The number of para-hydroxylation sites is 1. The summed E-state index contributed by atoms with van der Waals surface area (Å²) in [5, 5.41) is 9.54. The predicted octanol–water partition coefficient (Wildman–Crippen LogP) is 4.00. The normalized spacial score (nSPS) is 18.9. The number of piperidine rings is 1. The van der Waals surface area contributed by atoms with Crippen molar-refractivity contribution in [2.45, 2.75) is 78.0 Å². The number of carbonyl (C=O) groups is 2. The topological polar surface area (TPSA) is 79.3 Å². The lowest BCUT2D eigenvalue weighted by atomic mass is 9.98. The third-order valence-electron chi connectivity index (χ3n) is 8.79. The molecule has 41 heavy (non-hydrogen) atoms. The van der Waals surface area contributed by atoms with Gasteiger partial charge in [0.1, 0.15) is 5.78 Å². The van der Waals surface area contributed by atoms with Crippen LogP contribution in [0.5, 0.6) is 0 Å². The Bertz CT molecular complexity index is 1140. The first-order chi connectivity index (χ1) is 19.8. The Morgan fingerprint density at radius 2 is 1.71 bits per heavy atom. The van der Waals surface area contributed by atoms with E-state index in [4.69, 9.17) is 9.47 Å². The highest BCUT2D eigenvalue weighted by Gasteiger charge is 2.33. The monoisotopic (exact) mass is 569 g/mol. The van der Waals surface area contributed by atoms with Gasteiger partial charge in [0.05, 0.1) is 39.0 Å². The Kier molecular flexibility index (Phi) is 11.8. The fourth-order valence-corrected chi connectivity index (χ4v) is 6.22. The summed E-state index contributed by atoms with van der Waals surface area (Å²) in [7, 11) is 4.33. The summed E-state index contributed by atoms with van der Waals surface area (Å²) in [6.45, 7) is 12.2. The molecular formula is C32H51N5O4. The largest absolute Gasteiger partial charge is 0.379 e. The van der Waals surface area contributed by atoms with E-state index in [0.29, 0.717) is 51.4 Å². The molecule has 1 fully saturated rings. The Labute approximate surface area is 246 Å². The van der Waals surface area contributed by atoms with Crippen LogP contribution in [0, 0.1) is 5.92 Å². The zero-order valence-corrected chi connectivity index (χ0v) is 25.9. The van der Waals surface area contributed by atoms with Crippen LogP contribution in [0.3, 0.4) is 0 Å². The summed E-state index contributed by atoms with van der Waals surface area (Å²) in [6.07, 6.45) is 3.99. The number of carbonyl (C=O) groups excluding carboxylic acids is 2. The molecule has 0 spiro atoms. The van der Waals surface area contributed by atoms with Crippen molar-refractivity contribution in [2.24, 2.45) is 5.92 Å². The van der Waals surface area contributed by atoms with Gasteiger partial charge < -0.3 is 24.3 Å². The number of hydrazine groups is 1. The fourth-order valence-electron chi connectivity index (χ4n) is 6.22. The molecule has 1 aromatic carbocycles. The van der Waals surface area contributed by atoms with Crippen LogP contribution in [0.2, 0.25) is 0 Å². The Balaban J connectivity index is 1.17. The molecule has 9 nitrogen and oxygen atoms in total. The first kappa shape index (κ1) is 31.6. The van der Waals surface area contributed by atoms with Crippen molar-refractivity contribution in [2.75, 3.05) is 60.2 Å². The van der Waals surface area contributed by atoms with Gasteiger partial charge in [-0.05, 0) is 25.3 Å². The molecule has 2 aliphatic heterocycles. The summed E-state index contributed by atoms with van der Waals surface area (Å²) in [5.41, 5.74) is 4.02. The van der Waals surface area contributed by atoms with Crippen molar-refractivity contribution in [3.05, 3.63) is 35.5 Å². The van der Waals surface area contributed by atoms with E-state index in [2.05, 4.69) is 65.2 Å². The van der Waals surface area contributed by atoms with E-state index in [1.807, 2.05) is 18.7 Å². The molecule has 0 radical (unpaired) electrons. The van der Waals surface area contributed by atoms with Crippen LogP contribution in [0.1, 0.15) is 70.2 Å². The molecule has 9 heteroatoms. The molecule has 1 atom stereocenters. The Hall–Kier alpha value is -2.30. The van der Waals surface area contributed by atoms with E-state index in [9.17, 15) is 9.59 Å². The van der Waals surface area contributed by atoms with Gasteiger partial charge in [-0.1, -0.05) is 39.0 Å². The van der Waals surface area contributed by atoms with E-state index < -0.39 is 0 Å². The number of fused-ring (bicyclic) bond motifs is 3. The standard InChI is InChI=1S/C32H51N5O4/c1-6-27-32-26-9-7-8-10-28(26)37(29(32)23-34(4)35(27)5)18-13-31(39)36-16-11-25(12-17-36)33-15-20-41-22-21-40-19-14-30(38)24(2)3/h7-10,24-25,27,33H,6,11-23H2,1-5H3. The zero-order chi connectivity index (χ0) is 29.4. The van der Waals surface area contributed by atoms with Gasteiger partial charge in [-0.3, -0.25) is 9.59 Å². The molecule has 0 bridgehead atoms. The van der Waals surface area contributed by atoms with Crippen LogP contribution < -0.4 is 5.32 Å². The number of ketones is 1. The summed E-state index contributed by atoms with van der Waals surface area (Å²) in [5.74, 6) is 0.560. The molecule has 228 valence electrons. The molecule has 3 heterocycles. The van der Waals surface area contributed by atoms with E-state index in [-0.39, 0.29) is 17.6 Å². The van der Waals surface area contributed by atoms with E-state index >= 15 is 0 Å². The summed E-state index contributed by atoms with van der Waals surface area (Å²) in [6, 6.07) is 9.44. The number of Topliss-reactive ketones (excluding diaryl/α,β-unsaturated/α-hetero) is 1. The molecule has 0 aliphatic carbocycles. The van der Waals surface area contributed by atoms with Crippen LogP contribution in [0.15, 0.2) is 24.3 Å². The second-order valence-corrected chi connectivity index (χ2v) is 11.8. The maximum atomic E-state index is 13.2. The molecule has 1 saturated heterocycles. The van der Waals surface area contributed by atoms with Crippen molar-refractivity contribution >= 4 is 22.6 Å². The van der Waals surface area contributed by atoms with Crippen LogP contribution in [0.4, 0.5) is 0 Å². The number of aryl methyl sites for hydroxylation is 1. The van der Waals surface area contributed by atoms with Crippen LogP contribution in [-0.2, 0) is 32.2 Å². The molecule has 4 rings (SSSR count). The maximum absolute atomic E-state index is 13.2. The zero-order valence-electron chi connectivity index (χ0n) is 25.9. The Morgan fingerprint density at radius 3 is 2.41 bits per heavy atom. The summed E-state index contributed by atoms with van der Waals surface area (Å²) < 4.78 is 13.5. The number of nitrogens with one attached hydrogen (secondary N) is 1. The van der Waals surface area contributed by atoms with Crippen LogP contribution in [-0.4, -0.2) is 97.4 Å². The molecule has 2 aromatic rings. The van der Waals surface area contributed by atoms with Crippen molar-refractivity contribution in [1.82, 2.24) is 24.8 Å². The van der Waals surface area contributed by atoms with Gasteiger partial charge in [0, 0.05) is 87.2 Å². The molecule has 1 aromatic heterocycles. The number of ether oxygens (including phenoxy) is 2. The lowest BCUT2D eigenvalue weighted by Crippen LogP contribution is -2.46. The SMILES string of the molecule is CCC1c2c(n(CCC(=O)N3CCC(NCCOCCOCCC(=O)C(C)C)CC3)c3ccccc23)CN(C)N1C. The van der Waals surface area contributed by atoms with Gasteiger partial charge in [-0.2, -0.15) is 0 Å². The quantitative estimate of drug-likeness (QED) is 0.325. The first-order valence-corrected chi connectivity index (χ1v) is 15.5. The van der Waals surface area contributed by atoms with Gasteiger partial charge in [0.15, 0.2) is 0 Å². The average Bonchev–Trinajstić information content (AvgIpc) is 3.28.